The first-order chi connectivity index (χ1) is 20.4. The van der Waals surface area contributed by atoms with Crippen molar-refractivity contribution in [3.8, 4) is 16.9 Å². The summed E-state index contributed by atoms with van der Waals surface area (Å²) in [5, 5.41) is 4.52. The van der Waals surface area contributed by atoms with Crippen molar-refractivity contribution in [2.45, 2.75) is 52.2 Å². The Morgan fingerprint density at radius 2 is 1.77 bits per heavy atom. The molecule has 5 rings (SSSR count). The van der Waals surface area contributed by atoms with Gasteiger partial charge in [-0.1, -0.05) is 29.3 Å². The first kappa shape index (κ1) is 30.6. The molecule has 1 atom stereocenters. The van der Waals surface area contributed by atoms with Gasteiger partial charge in [0.05, 0.1) is 27.9 Å². The fourth-order valence-corrected chi connectivity index (χ4v) is 5.67. The number of benzene rings is 1. The number of fused-ring (bicyclic) bond motifs is 1. The molecule has 43 heavy (non-hydrogen) atoms. The summed E-state index contributed by atoms with van der Waals surface area (Å²) in [5.41, 5.74) is 0.503. The van der Waals surface area contributed by atoms with Crippen molar-refractivity contribution in [1.82, 2.24) is 24.4 Å². The van der Waals surface area contributed by atoms with Crippen molar-refractivity contribution < 1.29 is 14.3 Å². The van der Waals surface area contributed by atoms with E-state index in [1.165, 1.54) is 4.57 Å². The quantitative estimate of drug-likeness (QED) is 0.248. The topological polar surface area (TPSA) is 111 Å². The Bertz CT molecular complexity index is 1680. The molecule has 1 fully saturated rings. The molecule has 1 unspecified atom stereocenters. The van der Waals surface area contributed by atoms with Crippen LogP contribution in [0.1, 0.15) is 40.5 Å². The third-order valence-corrected chi connectivity index (χ3v) is 7.96. The number of anilines is 2. The van der Waals surface area contributed by atoms with Gasteiger partial charge in [-0.2, -0.15) is 4.98 Å². The molecular weight excluding hydrogens is 591 g/mol. The van der Waals surface area contributed by atoms with Crippen LogP contribution in [0.2, 0.25) is 10.0 Å². The average molecular weight is 626 g/mol. The van der Waals surface area contributed by atoms with Gasteiger partial charge >= 0.3 is 6.09 Å². The molecule has 1 aliphatic rings. The Hall–Kier alpha value is -3.89. The van der Waals surface area contributed by atoms with Gasteiger partial charge in [-0.15, -0.1) is 0 Å². The molecule has 10 nitrogen and oxygen atoms in total. The lowest BCUT2D eigenvalue weighted by molar-refractivity contribution is 0.0121. The Labute approximate surface area is 260 Å². The molecule has 1 N–H and O–H groups in total. The molecule has 226 valence electrons. The van der Waals surface area contributed by atoms with Crippen LogP contribution in [0, 0.1) is 5.92 Å². The smallest absolute Gasteiger partial charge is 0.410 e. The predicted octanol–water partition coefficient (Wildman–Crippen LogP) is 6.86. The van der Waals surface area contributed by atoms with E-state index < -0.39 is 5.60 Å². The Balaban J connectivity index is 1.22. The van der Waals surface area contributed by atoms with Gasteiger partial charge in [0.2, 0.25) is 5.95 Å². The van der Waals surface area contributed by atoms with Gasteiger partial charge in [-0.3, -0.25) is 9.36 Å². The molecule has 12 heteroatoms. The molecule has 1 aromatic carbocycles. The van der Waals surface area contributed by atoms with E-state index >= 15 is 0 Å². The SMILES string of the molecule is CC(Oc1ccc(Nc2ncc3cc(-c4c(Cl)cccc4Cl)c(=O)n(C)c3n2)nc1)C1CCN(C(=O)OC(C)(C)C)CC1. The van der Waals surface area contributed by atoms with Crippen molar-refractivity contribution in [2.24, 2.45) is 13.0 Å². The van der Waals surface area contributed by atoms with E-state index in [2.05, 4.69) is 20.3 Å². The molecule has 3 aromatic heterocycles. The molecule has 0 aliphatic carbocycles. The lowest BCUT2D eigenvalue weighted by Crippen LogP contribution is -2.44. The second-order valence-corrected chi connectivity index (χ2v) is 12.4. The zero-order chi connectivity index (χ0) is 30.9. The second kappa shape index (κ2) is 12.4. The van der Waals surface area contributed by atoms with Crippen LogP contribution in [-0.2, 0) is 11.8 Å². The summed E-state index contributed by atoms with van der Waals surface area (Å²) >= 11 is 12.7. The Morgan fingerprint density at radius 3 is 2.40 bits per heavy atom. The van der Waals surface area contributed by atoms with Gasteiger partial charge < -0.3 is 19.7 Å². The zero-order valence-corrected chi connectivity index (χ0v) is 26.2. The highest BCUT2D eigenvalue weighted by molar-refractivity contribution is 6.39. The number of hydrogen-bond donors (Lipinski definition) is 1. The minimum atomic E-state index is -0.506. The largest absolute Gasteiger partial charge is 0.489 e. The van der Waals surface area contributed by atoms with Crippen molar-refractivity contribution in [2.75, 3.05) is 18.4 Å². The number of carbonyl (C=O) groups is 1. The normalized spacial score (nSPS) is 14.9. The molecule has 4 aromatic rings. The number of hydrogen-bond acceptors (Lipinski definition) is 8. The van der Waals surface area contributed by atoms with Crippen LogP contribution in [0.4, 0.5) is 16.6 Å². The summed E-state index contributed by atoms with van der Waals surface area (Å²) in [6.07, 6.45) is 4.63. The third-order valence-electron chi connectivity index (χ3n) is 7.33. The van der Waals surface area contributed by atoms with Crippen LogP contribution in [0.15, 0.2) is 53.6 Å². The van der Waals surface area contributed by atoms with E-state index in [-0.39, 0.29) is 23.7 Å². The van der Waals surface area contributed by atoms with Gasteiger partial charge in [0.1, 0.15) is 22.8 Å². The van der Waals surface area contributed by atoms with Crippen LogP contribution < -0.4 is 15.6 Å². The summed E-state index contributed by atoms with van der Waals surface area (Å²) in [4.78, 5) is 40.7. The second-order valence-electron chi connectivity index (χ2n) is 11.6. The number of nitrogens with zero attached hydrogens (tertiary/aromatic N) is 5. The minimum Gasteiger partial charge on any atom is -0.489 e. The van der Waals surface area contributed by atoms with E-state index in [1.54, 1.807) is 54.7 Å². The molecule has 0 bridgehead atoms. The monoisotopic (exact) mass is 624 g/mol. The van der Waals surface area contributed by atoms with Crippen molar-refractivity contribution in [1.29, 1.82) is 0 Å². The maximum atomic E-state index is 13.2. The number of amides is 1. The van der Waals surface area contributed by atoms with Gasteiger partial charge in [0.15, 0.2) is 0 Å². The van der Waals surface area contributed by atoms with Crippen molar-refractivity contribution in [3.63, 3.8) is 0 Å². The van der Waals surface area contributed by atoms with Gasteiger partial charge in [-0.25, -0.2) is 14.8 Å². The fourth-order valence-electron chi connectivity index (χ4n) is 5.07. The van der Waals surface area contributed by atoms with E-state index in [0.717, 1.165) is 12.8 Å². The minimum absolute atomic E-state index is 0.0444. The molecular formula is C31H34Cl2N6O4. The van der Waals surface area contributed by atoms with Gasteiger partial charge in [-0.05, 0) is 76.8 Å². The Morgan fingerprint density at radius 1 is 1.07 bits per heavy atom. The fraction of sp³-hybridized carbons (Fsp3) is 0.387. The highest BCUT2D eigenvalue weighted by Crippen LogP contribution is 2.34. The van der Waals surface area contributed by atoms with Gasteiger partial charge in [0, 0.05) is 37.3 Å². The highest BCUT2D eigenvalue weighted by atomic mass is 35.5. The van der Waals surface area contributed by atoms with Crippen molar-refractivity contribution in [3.05, 3.63) is 69.2 Å². The Kier molecular flexibility index (Phi) is 8.80. The summed E-state index contributed by atoms with van der Waals surface area (Å²) in [6.45, 7) is 8.93. The molecule has 0 saturated carbocycles. The van der Waals surface area contributed by atoms with Crippen LogP contribution in [0.3, 0.4) is 0 Å². The van der Waals surface area contributed by atoms with E-state index in [4.69, 9.17) is 32.7 Å². The average Bonchev–Trinajstić information content (AvgIpc) is 2.96. The molecule has 0 spiro atoms. The summed E-state index contributed by atoms with van der Waals surface area (Å²) in [6, 6.07) is 10.4. The van der Waals surface area contributed by atoms with Crippen LogP contribution in [0.25, 0.3) is 22.2 Å². The number of ether oxygens (including phenoxy) is 2. The number of pyridine rings is 2. The maximum Gasteiger partial charge on any atom is 0.410 e. The number of aryl methyl sites for hydroxylation is 1. The lowest BCUT2D eigenvalue weighted by atomic mass is 9.92. The first-order valence-electron chi connectivity index (χ1n) is 14.1. The van der Waals surface area contributed by atoms with E-state index in [9.17, 15) is 9.59 Å². The lowest BCUT2D eigenvalue weighted by Gasteiger charge is -2.35. The third kappa shape index (κ3) is 7.02. The molecule has 1 amide bonds. The number of aromatic nitrogens is 4. The summed E-state index contributed by atoms with van der Waals surface area (Å²) in [7, 11) is 1.64. The number of piperidine rings is 1. The van der Waals surface area contributed by atoms with E-state index in [0.29, 0.717) is 62.8 Å². The summed E-state index contributed by atoms with van der Waals surface area (Å²) in [5.74, 6) is 1.76. The molecule has 1 saturated heterocycles. The zero-order valence-electron chi connectivity index (χ0n) is 24.7. The van der Waals surface area contributed by atoms with Crippen LogP contribution in [0.5, 0.6) is 5.75 Å². The molecule has 1 aliphatic heterocycles. The van der Waals surface area contributed by atoms with Gasteiger partial charge in [0.25, 0.3) is 5.56 Å². The molecule has 4 heterocycles. The predicted molar refractivity (Wildman–Crippen MR) is 168 cm³/mol. The van der Waals surface area contributed by atoms with Crippen molar-refractivity contribution >= 4 is 52.1 Å². The standard InChI is InChI=1S/C31H34Cl2N6O4/c1-18(19-11-13-39(14-12-19)30(41)43-31(2,3)4)42-21-9-10-25(34-17-21)36-29-35-16-20-15-22(28(40)38(5)27(20)37-29)26-23(32)7-6-8-24(26)33/h6-10,15-19H,11-14H2,1-5H3,(H,34,35,36,37). The maximum absolute atomic E-state index is 13.2. The van der Waals surface area contributed by atoms with Crippen LogP contribution >= 0.6 is 23.2 Å². The van der Waals surface area contributed by atoms with Crippen LogP contribution in [-0.4, -0.2) is 55.3 Å². The number of carbonyl (C=O) groups excluding carboxylic acids is 1. The number of halogens is 2. The summed E-state index contributed by atoms with van der Waals surface area (Å²) < 4.78 is 13.1. The number of nitrogens with one attached hydrogen (secondary N) is 1. The van der Waals surface area contributed by atoms with E-state index in [1.807, 2.05) is 33.8 Å². The first-order valence-corrected chi connectivity index (χ1v) is 14.8. The molecule has 0 radical (unpaired) electrons. The highest BCUT2D eigenvalue weighted by Gasteiger charge is 2.30. The number of rotatable bonds is 6. The number of likely N-dealkylation sites (tertiary alicyclic amines) is 1.